The molecule has 1 atom stereocenters. The van der Waals surface area contributed by atoms with Gasteiger partial charge in [-0.2, -0.15) is 0 Å². The number of nitrogens with zero attached hydrogens (tertiary/aromatic N) is 1. The number of carbonyl (C=O) groups excluding carboxylic acids is 2. The van der Waals surface area contributed by atoms with Gasteiger partial charge in [-0.25, -0.2) is 0 Å². The van der Waals surface area contributed by atoms with E-state index in [-0.39, 0.29) is 5.91 Å². The third-order valence-corrected chi connectivity index (χ3v) is 3.66. The summed E-state index contributed by atoms with van der Waals surface area (Å²) in [5, 5.41) is 2.65. The molecule has 0 aliphatic carbocycles. The second-order valence-corrected chi connectivity index (χ2v) is 5.74. The molecule has 0 saturated heterocycles. The normalized spacial score (nSPS) is 11.7. The first kappa shape index (κ1) is 15.4. The Bertz CT molecular complexity index is 629. The van der Waals surface area contributed by atoms with E-state index in [0.717, 1.165) is 9.13 Å². The summed E-state index contributed by atoms with van der Waals surface area (Å²) >= 11 is 2.20. The van der Waals surface area contributed by atoms with Gasteiger partial charge >= 0.3 is 0 Å². The van der Waals surface area contributed by atoms with Gasteiger partial charge in [0.25, 0.3) is 5.91 Å². The number of carbonyl (C=O) groups is 2. The number of nitrogens with two attached hydrogens (primary N) is 1. The van der Waals surface area contributed by atoms with Crippen LogP contribution in [0.1, 0.15) is 15.9 Å². The van der Waals surface area contributed by atoms with Gasteiger partial charge in [0.15, 0.2) is 0 Å². The average Bonchev–Trinajstić information content (AvgIpc) is 2.49. The monoisotopic (exact) mass is 395 g/mol. The predicted octanol–water partition coefficient (Wildman–Crippen LogP) is 1.51. The van der Waals surface area contributed by atoms with Gasteiger partial charge in [0.2, 0.25) is 5.91 Å². The highest BCUT2D eigenvalue weighted by Gasteiger charge is 2.19. The van der Waals surface area contributed by atoms with Gasteiger partial charge in [-0.3, -0.25) is 14.6 Å². The van der Waals surface area contributed by atoms with Crippen molar-refractivity contribution in [3.63, 3.8) is 0 Å². The smallest absolute Gasteiger partial charge is 0.252 e. The number of benzene rings is 1. The summed E-state index contributed by atoms with van der Waals surface area (Å²) in [6, 6.07) is 10.1. The minimum Gasteiger partial charge on any atom is -0.368 e. The maximum Gasteiger partial charge on any atom is 0.252 e. The van der Waals surface area contributed by atoms with Gasteiger partial charge in [-0.1, -0.05) is 12.1 Å². The molecule has 0 aliphatic heterocycles. The number of halogens is 1. The number of hydrogen-bond donors (Lipinski definition) is 2. The van der Waals surface area contributed by atoms with Crippen LogP contribution < -0.4 is 11.1 Å². The Balaban J connectivity index is 2.07. The lowest BCUT2D eigenvalue weighted by Gasteiger charge is -2.15. The Labute approximate surface area is 136 Å². The topological polar surface area (TPSA) is 85.1 Å². The van der Waals surface area contributed by atoms with Crippen molar-refractivity contribution in [2.75, 3.05) is 0 Å². The Morgan fingerprint density at radius 3 is 2.33 bits per heavy atom. The minimum atomic E-state index is -0.745. The molecule has 2 amide bonds. The fourth-order valence-electron chi connectivity index (χ4n) is 1.82. The van der Waals surface area contributed by atoms with Crippen molar-refractivity contribution in [3.05, 3.63) is 63.5 Å². The highest BCUT2D eigenvalue weighted by Crippen LogP contribution is 2.09. The number of amides is 2. The lowest BCUT2D eigenvalue weighted by Crippen LogP contribution is -2.45. The van der Waals surface area contributed by atoms with Crippen LogP contribution >= 0.6 is 22.6 Å². The molecule has 1 aromatic heterocycles. The molecule has 1 heterocycles. The Kier molecular flexibility index (Phi) is 5.26. The molecule has 5 nitrogen and oxygen atoms in total. The summed E-state index contributed by atoms with van der Waals surface area (Å²) < 4.78 is 1.10. The Morgan fingerprint density at radius 1 is 1.14 bits per heavy atom. The van der Waals surface area contributed by atoms with Gasteiger partial charge in [0.1, 0.15) is 6.04 Å². The second-order valence-electron chi connectivity index (χ2n) is 4.49. The molecule has 0 bridgehead atoms. The molecule has 0 saturated carbocycles. The van der Waals surface area contributed by atoms with E-state index in [4.69, 9.17) is 5.73 Å². The van der Waals surface area contributed by atoms with Gasteiger partial charge in [-0.15, -0.1) is 0 Å². The molecule has 0 radical (unpaired) electrons. The number of nitrogens with one attached hydrogen (secondary N) is 1. The Hall–Kier alpha value is -1.96. The molecular weight excluding hydrogens is 381 g/mol. The zero-order chi connectivity index (χ0) is 15.2. The number of rotatable bonds is 5. The number of pyridine rings is 1. The molecule has 0 aliphatic rings. The van der Waals surface area contributed by atoms with E-state index in [1.807, 2.05) is 24.3 Å². The van der Waals surface area contributed by atoms with Gasteiger partial charge < -0.3 is 11.1 Å². The number of aromatic nitrogens is 1. The third kappa shape index (κ3) is 4.52. The quantitative estimate of drug-likeness (QED) is 0.753. The van der Waals surface area contributed by atoms with E-state index in [9.17, 15) is 9.59 Å². The number of primary amides is 1. The van der Waals surface area contributed by atoms with Crippen LogP contribution in [0, 0.1) is 3.57 Å². The largest absolute Gasteiger partial charge is 0.368 e. The fourth-order valence-corrected chi connectivity index (χ4v) is 2.18. The molecule has 0 fully saturated rings. The van der Waals surface area contributed by atoms with E-state index < -0.39 is 11.9 Å². The zero-order valence-electron chi connectivity index (χ0n) is 11.1. The lowest BCUT2D eigenvalue weighted by atomic mass is 10.1. The van der Waals surface area contributed by atoms with Crippen LogP contribution in [-0.4, -0.2) is 22.8 Å². The van der Waals surface area contributed by atoms with Crippen LogP contribution in [0.15, 0.2) is 48.8 Å². The molecule has 21 heavy (non-hydrogen) atoms. The van der Waals surface area contributed by atoms with Crippen molar-refractivity contribution in [3.8, 4) is 0 Å². The first-order valence-corrected chi connectivity index (χ1v) is 7.39. The maximum absolute atomic E-state index is 12.1. The summed E-state index contributed by atoms with van der Waals surface area (Å²) in [7, 11) is 0. The predicted molar refractivity (Wildman–Crippen MR) is 87.5 cm³/mol. The molecule has 2 aromatic rings. The van der Waals surface area contributed by atoms with Crippen molar-refractivity contribution in [1.29, 1.82) is 0 Å². The zero-order valence-corrected chi connectivity index (χ0v) is 13.3. The molecule has 3 N–H and O–H groups in total. The molecule has 108 valence electrons. The van der Waals surface area contributed by atoms with Crippen LogP contribution in [-0.2, 0) is 11.2 Å². The molecule has 0 spiro atoms. The fraction of sp³-hybridized carbons (Fsp3) is 0.133. The first-order chi connectivity index (χ1) is 10.1. The van der Waals surface area contributed by atoms with Gasteiger partial charge in [0, 0.05) is 27.9 Å². The highest BCUT2D eigenvalue weighted by molar-refractivity contribution is 14.1. The molecular formula is C15H14IN3O2. The summed E-state index contributed by atoms with van der Waals surface area (Å²) in [5.74, 6) is -0.900. The third-order valence-electron chi connectivity index (χ3n) is 2.94. The van der Waals surface area contributed by atoms with Crippen molar-refractivity contribution in [2.45, 2.75) is 12.5 Å². The van der Waals surface area contributed by atoms with Crippen LogP contribution in [0.5, 0.6) is 0 Å². The molecule has 2 rings (SSSR count). The Morgan fingerprint density at radius 2 is 1.76 bits per heavy atom. The van der Waals surface area contributed by atoms with E-state index in [1.54, 1.807) is 12.1 Å². The van der Waals surface area contributed by atoms with Crippen molar-refractivity contribution in [1.82, 2.24) is 10.3 Å². The molecule has 6 heteroatoms. The SMILES string of the molecule is NC(=O)[C@H](Cc1ccc(I)cc1)NC(=O)c1ccncc1. The van der Waals surface area contributed by atoms with Gasteiger partial charge in [0.05, 0.1) is 0 Å². The van der Waals surface area contributed by atoms with Crippen LogP contribution in [0.2, 0.25) is 0 Å². The molecule has 0 unspecified atom stereocenters. The summed E-state index contributed by atoms with van der Waals surface area (Å²) in [4.78, 5) is 27.4. The summed E-state index contributed by atoms with van der Waals surface area (Å²) in [6.07, 6.45) is 3.41. The highest BCUT2D eigenvalue weighted by atomic mass is 127. The van der Waals surface area contributed by atoms with Crippen LogP contribution in [0.3, 0.4) is 0 Å². The lowest BCUT2D eigenvalue weighted by molar-refractivity contribution is -0.119. The summed E-state index contributed by atoms with van der Waals surface area (Å²) in [6.45, 7) is 0. The minimum absolute atomic E-state index is 0.341. The first-order valence-electron chi connectivity index (χ1n) is 6.31. The maximum atomic E-state index is 12.1. The van der Waals surface area contributed by atoms with E-state index in [2.05, 4.69) is 32.9 Å². The number of hydrogen-bond acceptors (Lipinski definition) is 3. The molecule has 1 aromatic carbocycles. The summed E-state index contributed by atoms with van der Waals surface area (Å²) in [5.41, 5.74) is 6.76. The van der Waals surface area contributed by atoms with E-state index in [0.29, 0.717) is 12.0 Å². The van der Waals surface area contributed by atoms with Crippen LogP contribution in [0.25, 0.3) is 0 Å². The standard InChI is InChI=1S/C15H14IN3O2/c16-12-3-1-10(2-4-12)9-13(14(17)20)19-15(21)11-5-7-18-8-6-11/h1-8,13H,9H2,(H2,17,20)(H,19,21)/t13-/m0/s1. The van der Waals surface area contributed by atoms with Crippen molar-refractivity contribution in [2.24, 2.45) is 5.73 Å². The van der Waals surface area contributed by atoms with Crippen molar-refractivity contribution < 1.29 is 9.59 Å². The van der Waals surface area contributed by atoms with E-state index >= 15 is 0 Å². The van der Waals surface area contributed by atoms with Crippen molar-refractivity contribution >= 4 is 34.4 Å². The van der Waals surface area contributed by atoms with Gasteiger partial charge in [-0.05, 0) is 52.4 Å². The van der Waals surface area contributed by atoms with E-state index in [1.165, 1.54) is 12.4 Å². The van der Waals surface area contributed by atoms with Crippen LogP contribution in [0.4, 0.5) is 0 Å². The average molecular weight is 395 g/mol. The second kappa shape index (κ2) is 7.16.